The van der Waals surface area contributed by atoms with E-state index >= 15 is 0 Å². The van der Waals surface area contributed by atoms with Crippen LogP contribution in [-0.4, -0.2) is 50.7 Å². The number of rotatable bonds is 10. The molecule has 0 aliphatic heterocycles. The molecule has 1 N–H and O–H groups in total. The normalized spacial score (nSPS) is 10.2. The maximum atomic E-state index is 12.2. The van der Waals surface area contributed by atoms with Crippen molar-refractivity contribution < 1.29 is 38.1 Å². The van der Waals surface area contributed by atoms with Gasteiger partial charge in [-0.2, -0.15) is 0 Å². The zero-order valence-electron chi connectivity index (χ0n) is 17.7. The number of carbonyl (C=O) groups excluding carboxylic acids is 4. The molecule has 172 valence electrons. The summed E-state index contributed by atoms with van der Waals surface area (Å²) < 4.78 is 20.4. The number of hydrogen-bond acceptors (Lipinski definition) is 9. The van der Waals surface area contributed by atoms with E-state index in [2.05, 4.69) is 21.2 Å². The third-order valence-electron chi connectivity index (χ3n) is 3.86. The van der Waals surface area contributed by atoms with E-state index in [9.17, 15) is 19.2 Å². The minimum atomic E-state index is -0.608. The molecule has 0 atom stereocenters. The Bertz CT molecular complexity index is 986. The predicted molar refractivity (Wildman–Crippen MR) is 121 cm³/mol. The number of anilines is 1. The smallest absolute Gasteiger partial charge is 0.351 e. The summed E-state index contributed by atoms with van der Waals surface area (Å²) in [4.78, 5) is 48.0. The molecule has 0 spiro atoms. The molecule has 0 unspecified atom stereocenters. The molecule has 0 radical (unpaired) electrons. The second-order valence-electron chi connectivity index (χ2n) is 6.10. The lowest BCUT2D eigenvalue weighted by Crippen LogP contribution is -2.18. The number of methoxy groups -OCH3 is 1. The number of hydrogen-bond donors (Lipinski definition) is 1. The highest BCUT2D eigenvalue weighted by Crippen LogP contribution is 2.46. The first-order valence-electron chi connectivity index (χ1n) is 9.55. The van der Waals surface area contributed by atoms with Crippen LogP contribution in [0.2, 0.25) is 0 Å². The van der Waals surface area contributed by atoms with Crippen LogP contribution in [0.1, 0.15) is 29.9 Å². The molecule has 0 fully saturated rings. The summed E-state index contributed by atoms with van der Waals surface area (Å²) in [5.74, 6) is -2.09. The average Bonchev–Trinajstić information content (AvgIpc) is 3.08. The van der Waals surface area contributed by atoms with Gasteiger partial charge in [-0.25, -0.2) is 9.59 Å². The van der Waals surface area contributed by atoms with Crippen LogP contribution < -0.4 is 10.1 Å². The summed E-state index contributed by atoms with van der Waals surface area (Å²) in [5, 5.41) is 2.61. The van der Waals surface area contributed by atoms with Crippen LogP contribution in [0.15, 0.2) is 28.7 Å². The van der Waals surface area contributed by atoms with Crippen molar-refractivity contribution in [2.75, 3.05) is 32.2 Å². The molecule has 1 heterocycles. The minimum absolute atomic E-state index is 0.178. The molecule has 11 heteroatoms. The molecule has 1 aromatic carbocycles. The number of carbonyl (C=O) groups is 4. The third-order valence-corrected chi connectivity index (χ3v) is 6.08. The van der Waals surface area contributed by atoms with E-state index in [-0.39, 0.29) is 36.9 Å². The molecule has 0 bridgehead atoms. The first kappa shape index (κ1) is 25.3. The highest BCUT2D eigenvalue weighted by atomic mass is 79.9. The van der Waals surface area contributed by atoms with Crippen molar-refractivity contribution in [3.8, 4) is 16.2 Å². The van der Waals surface area contributed by atoms with Crippen LogP contribution in [0.4, 0.5) is 5.69 Å². The van der Waals surface area contributed by atoms with E-state index in [1.54, 1.807) is 38.1 Å². The van der Waals surface area contributed by atoms with Gasteiger partial charge in [-0.1, -0.05) is 12.1 Å². The fourth-order valence-electron chi connectivity index (χ4n) is 2.52. The molecule has 1 amide bonds. The summed E-state index contributed by atoms with van der Waals surface area (Å²) in [6.07, 6.45) is -0.379. The molecule has 0 aliphatic rings. The van der Waals surface area contributed by atoms with E-state index in [0.717, 1.165) is 16.9 Å². The lowest BCUT2D eigenvalue weighted by Gasteiger charge is -2.07. The highest BCUT2D eigenvalue weighted by molar-refractivity contribution is 9.10. The average molecular weight is 528 g/mol. The first-order chi connectivity index (χ1) is 15.3. The Labute approximate surface area is 197 Å². The fraction of sp³-hybridized carbons (Fsp3) is 0.333. The lowest BCUT2D eigenvalue weighted by atomic mass is 10.1. The predicted octanol–water partition coefficient (Wildman–Crippen LogP) is 3.80. The molecule has 2 aromatic rings. The third kappa shape index (κ3) is 6.79. The zero-order chi connectivity index (χ0) is 23.7. The second-order valence-corrected chi connectivity index (χ2v) is 7.91. The van der Waals surface area contributed by atoms with Crippen LogP contribution in [-0.2, 0) is 28.6 Å². The molecule has 2 rings (SSSR count). The van der Waals surface area contributed by atoms with Gasteiger partial charge in [0, 0.05) is 5.69 Å². The van der Waals surface area contributed by atoms with Crippen molar-refractivity contribution >= 4 is 56.8 Å². The van der Waals surface area contributed by atoms with Crippen molar-refractivity contribution in [2.24, 2.45) is 0 Å². The molecule has 0 saturated carbocycles. The van der Waals surface area contributed by atoms with E-state index in [4.69, 9.17) is 18.9 Å². The maximum Gasteiger partial charge on any atom is 0.351 e. The minimum Gasteiger partial charge on any atom is -0.479 e. The van der Waals surface area contributed by atoms with Crippen molar-refractivity contribution in [1.82, 2.24) is 0 Å². The SMILES string of the molecule is CCOC(=O)COc1c(C(=O)OC)sc(-c2ccc(NC(=O)CC(=O)OCC)cc2)c1Br. The van der Waals surface area contributed by atoms with Gasteiger partial charge in [0.25, 0.3) is 0 Å². The molecule has 0 aliphatic carbocycles. The van der Waals surface area contributed by atoms with Crippen LogP contribution in [0.25, 0.3) is 10.4 Å². The number of esters is 3. The molecular formula is C21H22BrNO8S. The quantitative estimate of drug-likeness (QED) is 0.281. The van der Waals surface area contributed by atoms with Crippen molar-refractivity contribution in [3.05, 3.63) is 33.6 Å². The summed E-state index contributed by atoms with van der Waals surface area (Å²) in [5.41, 5.74) is 1.21. The van der Waals surface area contributed by atoms with Crippen LogP contribution in [0, 0.1) is 0 Å². The van der Waals surface area contributed by atoms with Gasteiger partial charge in [0.05, 0.1) is 29.7 Å². The van der Waals surface area contributed by atoms with Gasteiger partial charge in [-0.05, 0) is 47.5 Å². The molecule has 1 aromatic heterocycles. The first-order valence-corrected chi connectivity index (χ1v) is 11.2. The number of thiophene rings is 1. The molecule has 9 nitrogen and oxygen atoms in total. The monoisotopic (exact) mass is 527 g/mol. The second kappa shape index (κ2) is 12.2. The molecule has 0 saturated heterocycles. The van der Waals surface area contributed by atoms with Gasteiger partial charge in [0.1, 0.15) is 6.42 Å². The topological polar surface area (TPSA) is 117 Å². The van der Waals surface area contributed by atoms with Crippen LogP contribution in [0.3, 0.4) is 0 Å². The Kier molecular flexibility index (Phi) is 9.66. The largest absolute Gasteiger partial charge is 0.479 e. The van der Waals surface area contributed by atoms with Gasteiger partial charge in [0.2, 0.25) is 5.91 Å². The zero-order valence-corrected chi connectivity index (χ0v) is 20.1. The number of nitrogens with one attached hydrogen (secondary N) is 1. The Hall–Kier alpha value is -2.92. The Balaban J connectivity index is 2.21. The number of amides is 1. The summed E-state index contributed by atoms with van der Waals surface area (Å²) in [7, 11) is 1.25. The summed E-state index contributed by atoms with van der Waals surface area (Å²) >= 11 is 4.55. The molecule has 32 heavy (non-hydrogen) atoms. The highest BCUT2D eigenvalue weighted by Gasteiger charge is 2.25. The van der Waals surface area contributed by atoms with Gasteiger partial charge in [-0.15, -0.1) is 11.3 Å². The summed E-state index contributed by atoms with van der Waals surface area (Å²) in [6.45, 7) is 3.40. The molecular weight excluding hydrogens is 506 g/mol. The van der Waals surface area contributed by atoms with Gasteiger partial charge >= 0.3 is 17.9 Å². The van der Waals surface area contributed by atoms with E-state index in [1.807, 2.05) is 0 Å². The van der Waals surface area contributed by atoms with Gasteiger partial charge < -0.3 is 24.3 Å². The van der Waals surface area contributed by atoms with E-state index < -0.39 is 23.8 Å². The van der Waals surface area contributed by atoms with Gasteiger partial charge in [-0.3, -0.25) is 9.59 Å². The fourth-order valence-corrected chi connectivity index (χ4v) is 4.50. The van der Waals surface area contributed by atoms with Crippen molar-refractivity contribution in [1.29, 1.82) is 0 Å². The Morgan fingerprint density at radius 1 is 1.00 bits per heavy atom. The number of halogens is 1. The number of ether oxygens (including phenoxy) is 4. The lowest BCUT2D eigenvalue weighted by molar-refractivity contribution is -0.146. The Morgan fingerprint density at radius 3 is 2.22 bits per heavy atom. The van der Waals surface area contributed by atoms with Crippen molar-refractivity contribution in [2.45, 2.75) is 20.3 Å². The van der Waals surface area contributed by atoms with E-state index in [1.165, 1.54) is 7.11 Å². The van der Waals surface area contributed by atoms with E-state index in [0.29, 0.717) is 15.0 Å². The van der Waals surface area contributed by atoms with Gasteiger partial charge in [0.15, 0.2) is 17.2 Å². The van der Waals surface area contributed by atoms with Crippen molar-refractivity contribution in [3.63, 3.8) is 0 Å². The maximum absolute atomic E-state index is 12.2. The number of benzene rings is 1. The standard InChI is InChI=1S/C21H22BrNO8S/c1-4-29-15(25)10-14(24)23-13-8-6-12(7-9-13)19-17(22)18(20(32-19)21(27)28-3)31-11-16(26)30-5-2/h6-9H,4-5,10-11H2,1-3H3,(H,23,24). The summed E-state index contributed by atoms with van der Waals surface area (Å²) in [6, 6.07) is 6.77. The van der Waals surface area contributed by atoms with Crippen LogP contribution in [0.5, 0.6) is 5.75 Å². The Morgan fingerprint density at radius 2 is 1.62 bits per heavy atom. The van der Waals surface area contributed by atoms with Crippen LogP contribution >= 0.6 is 27.3 Å².